The predicted octanol–water partition coefficient (Wildman–Crippen LogP) is 0.0585. The molecule has 1 saturated heterocycles. The summed E-state index contributed by atoms with van der Waals surface area (Å²) >= 11 is 0. The van der Waals surface area contributed by atoms with Crippen molar-refractivity contribution in [2.24, 2.45) is 0 Å². The number of methoxy groups -OCH3 is 1. The van der Waals surface area contributed by atoms with Gasteiger partial charge in [0.15, 0.2) is 22.8 Å². The number of fused-ring (bicyclic) bond motifs is 1. The summed E-state index contributed by atoms with van der Waals surface area (Å²) in [6, 6.07) is 6.82. The van der Waals surface area contributed by atoms with E-state index in [1.54, 1.807) is 0 Å². The van der Waals surface area contributed by atoms with Crippen molar-refractivity contribution < 1.29 is 49.3 Å². The van der Waals surface area contributed by atoms with E-state index in [1.165, 1.54) is 37.4 Å². The van der Waals surface area contributed by atoms with Crippen LogP contribution in [0, 0.1) is 0 Å². The van der Waals surface area contributed by atoms with Gasteiger partial charge in [0.05, 0.1) is 24.7 Å². The molecular weight excluding hydrogens is 440 g/mol. The van der Waals surface area contributed by atoms with Crippen molar-refractivity contribution in [1.82, 2.24) is 0 Å². The van der Waals surface area contributed by atoms with E-state index in [2.05, 4.69) is 0 Å². The molecule has 33 heavy (non-hydrogen) atoms. The van der Waals surface area contributed by atoms with Gasteiger partial charge in [0.2, 0.25) is 17.5 Å². The predicted molar refractivity (Wildman–Crippen MR) is 112 cm³/mol. The lowest BCUT2D eigenvalue weighted by atomic mass is 9.99. The number of ether oxygens (including phenoxy) is 3. The van der Waals surface area contributed by atoms with E-state index in [0.717, 1.165) is 6.26 Å². The first-order valence-electron chi connectivity index (χ1n) is 9.88. The molecule has 0 aliphatic carbocycles. The second kappa shape index (κ2) is 8.89. The van der Waals surface area contributed by atoms with Crippen LogP contribution in [0.25, 0.3) is 22.1 Å². The van der Waals surface area contributed by atoms with Gasteiger partial charge in [0, 0.05) is 0 Å². The molecule has 1 fully saturated rings. The molecule has 0 bridgehead atoms. The van der Waals surface area contributed by atoms with Crippen LogP contribution in [0.15, 0.2) is 45.8 Å². The smallest absolute Gasteiger partial charge is 0.229 e. The molecule has 2 heterocycles. The molecule has 4 rings (SSSR count). The normalized spacial score (nSPS) is 25.2. The third-order valence-corrected chi connectivity index (χ3v) is 5.45. The summed E-state index contributed by atoms with van der Waals surface area (Å²) in [5.41, 5.74) is -0.0934. The number of rotatable bonds is 5. The minimum atomic E-state index is -1.73. The van der Waals surface area contributed by atoms with Crippen LogP contribution in [-0.4, -0.2) is 75.1 Å². The Kier molecular flexibility index (Phi) is 6.15. The van der Waals surface area contributed by atoms with Crippen LogP contribution in [0.4, 0.5) is 0 Å². The topological polar surface area (TPSA) is 179 Å². The van der Waals surface area contributed by atoms with E-state index in [1.807, 2.05) is 0 Å². The number of aliphatic hydroxyl groups is 4. The fraction of sp³-hybridized carbons (Fsp3) is 0.318. The standard InChI is InChI=1S/C22H22O11/c1-30-14-6-9(2-4-12(14)24)11-8-31-20-10(16(11)26)3-5-13(25)21(20)33-22-19(29)18(28)17(27)15(7-23)32-22/h2-6,8,15,17-19,22-25,27-29H,7H2,1H3/t15-,17-,18+,19-,22-/m1/s1. The van der Waals surface area contributed by atoms with Gasteiger partial charge in [-0.2, -0.15) is 0 Å². The first-order valence-corrected chi connectivity index (χ1v) is 9.88. The van der Waals surface area contributed by atoms with E-state index in [9.17, 15) is 35.4 Å². The quantitative estimate of drug-likeness (QED) is 0.302. The SMILES string of the molecule is COc1cc(-c2coc3c(O[C@H]4O[C@H](CO)[C@@H](O)[C@H](O)[C@H]4O)c(O)ccc3c2=O)ccc1O. The van der Waals surface area contributed by atoms with Crippen LogP contribution in [0.2, 0.25) is 0 Å². The lowest BCUT2D eigenvalue weighted by molar-refractivity contribution is -0.277. The molecule has 1 aliphatic heterocycles. The van der Waals surface area contributed by atoms with Gasteiger partial charge in [-0.25, -0.2) is 0 Å². The monoisotopic (exact) mass is 462 g/mol. The Bertz CT molecular complexity index is 1220. The third-order valence-electron chi connectivity index (χ3n) is 5.45. The molecule has 6 N–H and O–H groups in total. The number of phenols is 2. The van der Waals surface area contributed by atoms with E-state index >= 15 is 0 Å². The number of phenolic OH excluding ortho intramolecular Hbond substituents is 2. The van der Waals surface area contributed by atoms with Crippen molar-refractivity contribution in [2.75, 3.05) is 13.7 Å². The van der Waals surface area contributed by atoms with Crippen LogP contribution in [0.3, 0.4) is 0 Å². The molecule has 176 valence electrons. The molecule has 3 aromatic rings. The molecule has 11 heteroatoms. The second-order valence-electron chi connectivity index (χ2n) is 7.47. The van der Waals surface area contributed by atoms with Crippen molar-refractivity contribution in [3.8, 4) is 34.1 Å². The molecule has 11 nitrogen and oxygen atoms in total. The molecule has 0 unspecified atom stereocenters. The average molecular weight is 462 g/mol. The van der Waals surface area contributed by atoms with E-state index in [-0.39, 0.29) is 33.8 Å². The number of benzene rings is 2. The van der Waals surface area contributed by atoms with Crippen molar-refractivity contribution in [2.45, 2.75) is 30.7 Å². The fourth-order valence-electron chi connectivity index (χ4n) is 3.60. The Morgan fingerprint density at radius 2 is 1.73 bits per heavy atom. The molecule has 5 atom stereocenters. The van der Waals surface area contributed by atoms with Gasteiger partial charge in [-0.1, -0.05) is 6.07 Å². The van der Waals surface area contributed by atoms with Crippen molar-refractivity contribution in [3.05, 3.63) is 46.8 Å². The van der Waals surface area contributed by atoms with Gasteiger partial charge in [0.25, 0.3) is 0 Å². The zero-order valence-corrected chi connectivity index (χ0v) is 17.3. The van der Waals surface area contributed by atoms with Gasteiger partial charge in [-0.15, -0.1) is 0 Å². The first kappa shape index (κ1) is 22.8. The van der Waals surface area contributed by atoms with Crippen LogP contribution in [0.1, 0.15) is 0 Å². The molecule has 1 aromatic heterocycles. The van der Waals surface area contributed by atoms with E-state index in [4.69, 9.17) is 18.6 Å². The van der Waals surface area contributed by atoms with Crippen molar-refractivity contribution >= 4 is 11.0 Å². The maximum atomic E-state index is 13.1. The molecule has 1 aliphatic rings. The zero-order valence-electron chi connectivity index (χ0n) is 17.3. The Hall–Kier alpha value is -3.35. The third kappa shape index (κ3) is 3.96. The van der Waals surface area contributed by atoms with Gasteiger partial charge in [-0.3, -0.25) is 4.79 Å². The Morgan fingerprint density at radius 1 is 1.00 bits per heavy atom. The van der Waals surface area contributed by atoms with Crippen molar-refractivity contribution in [1.29, 1.82) is 0 Å². The van der Waals surface area contributed by atoms with Crippen LogP contribution >= 0.6 is 0 Å². The molecule has 0 radical (unpaired) electrons. The highest BCUT2D eigenvalue weighted by Gasteiger charge is 2.45. The Labute approximate surface area is 186 Å². The summed E-state index contributed by atoms with van der Waals surface area (Å²) in [5, 5.41) is 59.6. The average Bonchev–Trinajstić information content (AvgIpc) is 2.81. The number of hydrogen-bond donors (Lipinski definition) is 6. The molecule has 0 saturated carbocycles. The van der Waals surface area contributed by atoms with Crippen LogP contribution in [0.5, 0.6) is 23.0 Å². The van der Waals surface area contributed by atoms with Gasteiger partial charge >= 0.3 is 0 Å². The number of aliphatic hydroxyl groups excluding tert-OH is 4. The minimum absolute atomic E-state index is 0.0249. The van der Waals surface area contributed by atoms with Gasteiger partial charge < -0.3 is 49.3 Å². The molecule has 0 amide bonds. The number of hydrogen-bond acceptors (Lipinski definition) is 11. The van der Waals surface area contributed by atoms with Crippen LogP contribution < -0.4 is 14.9 Å². The highest BCUT2D eigenvalue weighted by atomic mass is 16.7. The largest absolute Gasteiger partial charge is 0.504 e. The highest BCUT2D eigenvalue weighted by Crippen LogP contribution is 2.38. The molecular formula is C22H22O11. The summed E-state index contributed by atoms with van der Waals surface area (Å²) in [6.45, 7) is -0.666. The lowest BCUT2D eigenvalue weighted by Crippen LogP contribution is -2.60. The maximum absolute atomic E-state index is 13.1. The lowest BCUT2D eigenvalue weighted by Gasteiger charge is -2.39. The van der Waals surface area contributed by atoms with Gasteiger partial charge in [-0.05, 0) is 29.8 Å². The highest BCUT2D eigenvalue weighted by molar-refractivity contribution is 5.88. The Balaban J connectivity index is 1.76. The van der Waals surface area contributed by atoms with Crippen LogP contribution in [-0.2, 0) is 4.74 Å². The summed E-state index contributed by atoms with van der Waals surface area (Å²) in [5.74, 6) is -0.735. The summed E-state index contributed by atoms with van der Waals surface area (Å²) in [4.78, 5) is 13.1. The Morgan fingerprint density at radius 3 is 2.42 bits per heavy atom. The zero-order chi connectivity index (χ0) is 23.9. The van der Waals surface area contributed by atoms with E-state index < -0.39 is 48.5 Å². The van der Waals surface area contributed by atoms with Crippen molar-refractivity contribution in [3.63, 3.8) is 0 Å². The first-order chi connectivity index (χ1) is 15.8. The maximum Gasteiger partial charge on any atom is 0.229 e. The molecule has 0 spiro atoms. The fourth-order valence-corrected chi connectivity index (χ4v) is 3.60. The van der Waals surface area contributed by atoms with Gasteiger partial charge in [0.1, 0.15) is 30.7 Å². The summed E-state index contributed by atoms with van der Waals surface area (Å²) in [6.07, 6.45) is -6.70. The number of aromatic hydroxyl groups is 2. The van der Waals surface area contributed by atoms with E-state index in [0.29, 0.717) is 5.56 Å². The minimum Gasteiger partial charge on any atom is -0.504 e. The summed E-state index contributed by atoms with van der Waals surface area (Å²) in [7, 11) is 1.37. The summed E-state index contributed by atoms with van der Waals surface area (Å²) < 4.78 is 21.5. The molecule has 2 aromatic carbocycles. The second-order valence-corrected chi connectivity index (χ2v) is 7.47.